The van der Waals surface area contributed by atoms with Crippen LogP contribution in [0.25, 0.3) is 0 Å². The fourth-order valence-electron chi connectivity index (χ4n) is 2.00. The molecule has 2 aromatic rings. The monoisotopic (exact) mass is 286 g/mol. The van der Waals surface area contributed by atoms with Crippen molar-refractivity contribution in [3.63, 3.8) is 0 Å². The van der Waals surface area contributed by atoms with Gasteiger partial charge < -0.3 is 10.1 Å². The predicted octanol–water partition coefficient (Wildman–Crippen LogP) is 3.99. The maximum Gasteiger partial charge on any atom is 0.333 e. The quantitative estimate of drug-likeness (QED) is 0.644. The molecular formula is C16H18N2O3. The first-order chi connectivity index (χ1) is 10.1. The summed E-state index contributed by atoms with van der Waals surface area (Å²) in [6, 6.07) is 14.8. The number of nitrogens with zero attached hydrogens (tertiary/aromatic N) is 1. The highest BCUT2D eigenvalue weighted by molar-refractivity contribution is 5.68. The molecule has 0 aliphatic rings. The third-order valence-electron chi connectivity index (χ3n) is 2.87. The summed E-state index contributed by atoms with van der Waals surface area (Å²) in [6.07, 6.45) is -0.118. The summed E-state index contributed by atoms with van der Waals surface area (Å²) in [5.41, 5.74) is 1.49. The Kier molecular flexibility index (Phi) is 4.77. The minimum absolute atomic E-state index is 0.0258. The van der Waals surface area contributed by atoms with Gasteiger partial charge in [0.25, 0.3) is 0 Å². The number of benzene rings is 2. The molecule has 0 aromatic heterocycles. The topological polar surface area (TPSA) is 64.4 Å². The van der Waals surface area contributed by atoms with Gasteiger partial charge in [-0.1, -0.05) is 36.4 Å². The van der Waals surface area contributed by atoms with Crippen molar-refractivity contribution in [1.82, 2.24) is 0 Å². The van der Waals surface area contributed by atoms with Gasteiger partial charge in [0.2, 0.25) is 0 Å². The van der Waals surface area contributed by atoms with E-state index in [2.05, 4.69) is 5.32 Å². The Morgan fingerprint density at radius 1 is 1.14 bits per heavy atom. The van der Waals surface area contributed by atoms with Crippen LogP contribution in [0.3, 0.4) is 0 Å². The molecule has 110 valence electrons. The van der Waals surface area contributed by atoms with Gasteiger partial charge in [-0.15, -0.1) is 0 Å². The standard InChI is InChI=1S/C16H18N2O3/c1-12(2)21-15-10-6-9-14(16(15)18(19)20)17-11-13-7-4-3-5-8-13/h3-10,12,17H,11H2,1-2H3. The van der Waals surface area contributed by atoms with Gasteiger partial charge >= 0.3 is 5.69 Å². The summed E-state index contributed by atoms with van der Waals surface area (Å²) >= 11 is 0. The lowest BCUT2D eigenvalue weighted by atomic mass is 10.2. The molecule has 0 amide bonds. The summed E-state index contributed by atoms with van der Waals surface area (Å²) < 4.78 is 5.52. The van der Waals surface area contributed by atoms with Crippen molar-refractivity contribution in [3.8, 4) is 5.75 Å². The normalized spacial score (nSPS) is 10.4. The number of rotatable bonds is 6. The van der Waals surface area contributed by atoms with Crippen LogP contribution in [0.5, 0.6) is 5.75 Å². The number of nitro groups is 1. The first-order valence-electron chi connectivity index (χ1n) is 6.80. The van der Waals surface area contributed by atoms with E-state index in [9.17, 15) is 10.1 Å². The van der Waals surface area contributed by atoms with Crippen molar-refractivity contribution in [3.05, 3.63) is 64.2 Å². The van der Waals surface area contributed by atoms with Crippen LogP contribution >= 0.6 is 0 Å². The molecule has 5 heteroatoms. The highest BCUT2D eigenvalue weighted by atomic mass is 16.6. The van der Waals surface area contributed by atoms with Crippen molar-refractivity contribution in [2.45, 2.75) is 26.5 Å². The second-order valence-electron chi connectivity index (χ2n) is 4.92. The average Bonchev–Trinajstić information content (AvgIpc) is 2.45. The Morgan fingerprint density at radius 2 is 1.86 bits per heavy atom. The van der Waals surface area contributed by atoms with Crippen molar-refractivity contribution < 1.29 is 9.66 Å². The molecule has 0 fully saturated rings. The fourth-order valence-corrected chi connectivity index (χ4v) is 2.00. The van der Waals surface area contributed by atoms with Crippen LogP contribution in [0.15, 0.2) is 48.5 Å². The van der Waals surface area contributed by atoms with E-state index in [1.165, 1.54) is 0 Å². The molecule has 0 atom stereocenters. The van der Waals surface area contributed by atoms with E-state index in [0.717, 1.165) is 5.56 Å². The summed E-state index contributed by atoms with van der Waals surface area (Å²) in [5.74, 6) is 0.285. The van der Waals surface area contributed by atoms with Gasteiger partial charge in [-0.05, 0) is 31.5 Å². The van der Waals surface area contributed by atoms with Gasteiger partial charge in [-0.3, -0.25) is 10.1 Å². The molecule has 0 aliphatic heterocycles. The van der Waals surface area contributed by atoms with Crippen molar-refractivity contribution in [2.75, 3.05) is 5.32 Å². The third-order valence-corrected chi connectivity index (χ3v) is 2.87. The maximum absolute atomic E-state index is 11.3. The number of hydrogen-bond donors (Lipinski definition) is 1. The van der Waals surface area contributed by atoms with Gasteiger partial charge in [0, 0.05) is 6.54 Å². The molecule has 0 aliphatic carbocycles. The molecule has 0 spiro atoms. The Labute approximate surface area is 123 Å². The van der Waals surface area contributed by atoms with Crippen LogP contribution in [0, 0.1) is 10.1 Å². The zero-order valence-electron chi connectivity index (χ0n) is 12.1. The van der Waals surface area contributed by atoms with E-state index in [-0.39, 0.29) is 17.5 Å². The SMILES string of the molecule is CC(C)Oc1cccc(NCc2ccccc2)c1[N+](=O)[O-]. The lowest BCUT2D eigenvalue weighted by Gasteiger charge is -2.13. The van der Waals surface area contributed by atoms with E-state index < -0.39 is 4.92 Å². The van der Waals surface area contributed by atoms with Gasteiger partial charge in [0.05, 0.1) is 11.0 Å². The predicted molar refractivity (Wildman–Crippen MR) is 82.6 cm³/mol. The number of hydrogen-bond acceptors (Lipinski definition) is 4. The summed E-state index contributed by atoms with van der Waals surface area (Å²) in [5, 5.41) is 14.4. The Hall–Kier alpha value is -2.56. The molecular weight excluding hydrogens is 268 g/mol. The highest BCUT2D eigenvalue weighted by Gasteiger charge is 2.21. The van der Waals surface area contributed by atoms with Gasteiger partial charge in [0.15, 0.2) is 5.75 Å². The van der Waals surface area contributed by atoms with Crippen molar-refractivity contribution >= 4 is 11.4 Å². The van der Waals surface area contributed by atoms with Crippen LogP contribution in [0.1, 0.15) is 19.4 Å². The van der Waals surface area contributed by atoms with E-state index in [4.69, 9.17) is 4.74 Å². The lowest BCUT2D eigenvalue weighted by Crippen LogP contribution is -2.09. The smallest absolute Gasteiger partial charge is 0.333 e. The Balaban J connectivity index is 2.24. The number of para-hydroxylation sites is 1. The van der Waals surface area contributed by atoms with Crippen LogP contribution in [-0.2, 0) is 6.54 Å². The summed E-state index contributed by atoms with van der Waals surface area (Å²) in [6.45, 7) is 4.20. The van der Waals surface area contributed by atoms with Crippen molar-refractivity contribution in [2.24, 2.45) is 0 Å². The molecule has 2 rings (SSSR count). The number of nitro benzene ring substituents is 1. The summed E-state index contributed by atoms with van der Waals surface area (Å²) in [4.78, 5) is 10.9. The van der Waals surface area contributed by atoms with Gasteiger partial charge in [0.1, 0.15) is 5.69 Å². The second kappa shape index (κ2) is 6.74. The van der Waals surface area contributed by atoms with Crippen LogP contribution < -0.4 is 10.1 Å². The van der Waals surface area contributed by atoms with Gasteiger partial charge in [-0.25, -0.2) is 0 Å². The fraction of sp³-hybridized carbons (Fsp3) is 0.250. The van der Waals surface area contributed by atoms with E-state index in [1.54, 1.807) is 18.2 Å². The van der Waals surface area contributed by atoms with Gasteiger partial charge in [-0.2, -0.15) is 0 Å². The molecule has 0 saturated carbocycles. The number of ether oxygens (including phenoxy) is 1. The molecule has 0 saturated heterocycles. The molecule has 0 bridgehead atoms. The number of nitrogens with one attached hydrogen (secondary N) is 1. The molecule has 0 unspecified atom stereocenters. The molecule has 0 radical (unpaired) electrons. The van der Waals surface area contributed by atoms with Crippen LogP contribution in [0.2, 0.25) is 0 Å². The molecule has 2 aromatic carbocycles. The molecule has 1 N–H and O–H groups in total. The first-order valence-corrected chi connectivity index (χ1v) is 6.80. The Morgan fingerprint density at radius 3 is 2.48 bits per heavy atom. The zero-order valence-corrected chi connectivity index (χ0v) is 12.1. The number of anilines is 1. The molecule has 21 heavy (non-hydrogen) atoms. The molecule has 0 heterocycles. The second-order valence-corrected chi connectivity index (χ2v) is 4.92. The van der Waals surface area contributed by atoms with Crippen molar-refractivity contribution in [1.29, 1.82) is 0 Å². The van der Waals surface area contributed by atoms with Crippen LogP contribution in [-0.4, -0.2) is 11.0 Å². The maximum atomic E-state index is 11.3. The Bertz CT molecular complexity index is 612. The lowest BCUT2D eigenvalue weighted by molar-refractivity contribution is -0.385. The highest BCUT2D eigenvalue weighted by Crippen LogP contribution is 2.35. The van der Waals surface area contributed by atoms with E-state index in [1.807, 2.05) is 44.2 Å². The van der Waals surface area contributed by atoms with Crippen LogP contribution in [0.4, 0.5) is 11.4 Å². The summed E-state index contributed by atoms with van der Waals surface area (Å²) in [7, 11) is 0. The first kappa shape index (κ1) is 14.8. The average molecular weight is 286 g/mol. The van der Waals surface area contributed by atoms with E-state index >= 15 is 0 Å². The minimum Gasteiger partial charge on any atom is -0.484 e. The molecule has 5 nitrogen and oxygen atoms in total. The largest absolute Gasteiger partial charge is 0.484 e. The minimum atomic E-state index is -0.412. The van der Waals surface area contributed by atoms with E-state index in [0.29, 0.717) is 12.2 Å². The third kappa shape index (κ3) is 3.95. The zero-order chi connectivity index (χ0) is 15.2.